The fourth-order valence-corrected chi connectivity index (χ4v) is 3.63. The minimum Gasteiger partial charge on any atom is -0.310 e. The van der Waals surface area contributed by atoms with Crippen LogP contribution in [0, 0.1) is 11.8 Å². The Morgan fingerprint density at radius 3 is 2.56 bits per heavy atom. The monoisotopic (exact) mass is 329 g/mol. The van der Waals surface area contributed by atoms with E-state index in [0.29, 0.717) is 6.04 Å². The van der Waals surface area contributed by atoms with Crippen molar-refractivity contribution in [2.45, 2.75) is 45.7 Å². The Morgan fingerprint density at radius 2 is 1.89 bits per heavy atom. The zero-order valence-corrected chi connectivity index (χ0v) is 13.4. The summed E-state index contributed by atoms with van der Waals surface area (Å²) in [6.07, 6.45) is 3.96. The van der Waals surface area contributed by atoms with E-state index in [1.807, 2.05) is 18.2 Å². The lowest BCUT2D eigenvalue weighted by atomic mass is 9.80. The predicted octanol–water partition coefficient (Wildman–Crippen LogP) is 5.02. The Hall–Kier alpha value is -0.0500. The van der Waals surface area contributed by atoms with E-state index in [-0.39, 0.29) is 0 Å². The van der Waals surface area contributed by atoms with Crippen molar-refractivity contribution in [3.63, 3.8) is 0 Å². The van der Waals surface area contributed by atoms with Crippen molar-refractivity contribution < 1.29 is 0 Å². The number of benzene rings is 1. The fourth-order valence-electron chi connectivity index (χ4n) is 3.05. The first-order chi connectivity index (χ1) is 8.54. The molecule has 0 aromatic heterocycles. The van der Waals surface area contributed by atoms with Crippen LogP contribution in [0.5, 0.6) is 0 Å². The van der Waals surface area contributed by atoms with E-state index in [9.17, 15) is 0 Å². The van der Waals surface area contributed by atoms with Crippen LogP contribution in [-0.2, 0) is 6.54 Å². The topological polar surface area (TPSA) is 12.0 Å². The lowest BCUT2D eigenvalue weighted by Crippen LogP contribution is -2.35. The van der Waals surface area contributed by atoms with Crippen molar-refractivity contribution in [1.29, 1.82) is 0 Å². The van der Waals surface area contributed by atoms with Gasteiger partial charge in [0, 0.05) is 22.1 Å². The van der Waals surface area contributed by atoms with Gasteiger partial charge < -0.3 is 5.32 Å². The number of rotatable bonds is 3. The first kappa shape index (κ1) is 14.4. The van der Waals surface area contributed by atoms with Crippen LogP contribution in [-0.4, -0.2) is 6.04 Å². The van der Waals surface area contributed by atoms with E-state index in [1.165, 1.54) is 24.8 Å². The van der Waals surface area contributed by atoms with E-state index >= 15 is 0 Å². The Labute approximate surface area is 123 Å². The van der Waals surface area contributed by atoms with Gasteiger partial charge in [-0.25, -0.2) is 0 Å². The second-order valence-electron chi connectivity index (χ2n) is 5.73. The van der Waals surface area contributed by atoms with Gasteiger partial charge in [-0.15, -0.1) is 0 Å². The molecule has 1 aliphatic carbocycles. The molecule has 3 heteroatoms. The SMILES string of the molecule is CC1CC(C)CC(NCc2cc(Cl)ccc2Br)C1. The summed E-state index contributed by atoms with van der Waals surface area (Å²) in [6, 6.07) is 6.62. The molecule has 100 valence electrons. The molecule has 0 aliphatic heterocycles. The van der Waals surface area contributed by atoms with Gasteiger partial charge in [0.15, 0.2) is 0 Å². The fraction of sp³-hybridized carbons (Fsp3) is 0.600. The first-order valence-electron chi connectivity index (χ1n) is 6.72. The Balaban J connectivity index is 1.92. The molecule has 0 heterocycles. The maximum absolute atomic E-state index is 6.04. The van der Waals surface area contributed by atoms with Crippen LogP contribution >= 0.6 is 27.5 Å². The average molecular weight is 331 g/mol. The van der Waals surface area contributed by atoms with E-state index in [2.05, 4.69) is 35.1 Å². The smallest absolute Gasteiger partial charge is 0.0410 e. The van der Waals surface area contributed by atoms with Crippen LogP contribution in [0.1, 0.15) is 38.7 Å². The molecule has 2 rings (SSSR count). The van der Waals surface area contributed by atoms with Gasteiger partial charge in [-0.2, -0.15) is 0 Å². The van der Waals surface area contributed by atoms with Crippen LogP contribution in [0.4, 0.5) is 0 Å². The molecule has 1 N–H and O–H groups in total. The van der Waals surface area contributed by atoms with Crippen LogP contribution in [0.2, 0.25) is 5.02 Å². The normalized spacial score (nSPS) is 28.3. The number of hydrogen-bond donors (Lipinski definition) is 1. The summed E-state index contributed by atoms with van der Waals surface area (Å²) < 4.78 is 1.14. The molecule has 1 aliphatic rings. The lowest BCUT2D eigenvalue weighted by molar-refractivity contribution is 0.238. The molecule has 1 aromatic carbocycles. The molecule has 0 spiro atoms. The number of hydrogen-bond acceptors (Lipinski definition) is 1. The standard InChI is InChI=1S/C15H21BrClN/c1-10-5-11(2)7-14(6-10)18-9-12-8-13(17)3-4-15(12)16/h3-4,8,10-11,14,18H,5-7,9H2,1-2H3. The summed E-state index contributed by atoms with van der Waals surface area (Å²) in [5, 5.41) is 4.48. The third-order valence-corrected chi connectivity index (χ3v) is 4.78. The molecule has 0 radical (unpaired) electrons. The molecule has 1 saturated carbocycles. The van der Waals surface area contributed by atoms with Crippen LogP contribution in [0.25, 0.3) is 0 Å². The van der Waals surface area contributed by atoms with Crippen molar-refractivity contribution >= 4 is 27.5 Å². The largest absolute Gasteiger partial charge is 0.310 e. The Morgan fingerprint density at radius 1 is 1.22 bits per heavy atom. The van der Waals surface area contributed by atoms with Crippen molar-refractivity contribution in [3.05, 3.63) is 33.3 Å². The quantitative estimate of drug-likeness (QED) is 0.821. The molecular formula is C15H21BrClN. The van der Waals surface area contributed by atoms with Crippen molar-refractivity contribution in [2.75, 3.05) is 0 Å². The summed E-state index contributed by atoms with van der Waals surface area (Å²) in [5.74, 6) is 1.68. The second-order valence-corrected chi connectivity index (χ2v) is 7.02. The summed E-state index contributed by atoms with van der Waals surface area (Å²) in [7, 11) is 0. The molecule has 1 nitrogen and oxygen atoms in total. The average Bonchev–Trinajstić information content (AvgIpc) is 2.29. The lowest BCUT2D eigenvalue weighted by Gasteiger charge is -2.32. The van der Waals surface area contributed by atoms with Gasteiger partial charge in [-0.1, -0.05) is 41.4 Å². The molecule has 0 saturated heterocycles. The summed E-state index contributed by atoms with van der Waals surface area (Å²) in [5.41, 5.74) is 1.24. The van der Waals surface area contributed by atoms with Gasteiger partial charge in [-0.3, -0.25) is 0 Å². The molecule has 0 bridgehead atoms. The van der Waals surface area contributed by atoms with E-state index in [0.717, 1.165) is 27.9 Å². The van der Waals surface area contributed by atoms with E-state index in [4.69, 9.17) is 11.6 Å². The van der Waals surface area contributed by atoms with Crippen molar-refractivity contribution in [3.8, 4) is 0 Å². The summed E-state index contributed by atoms with van der Waals surface area (Å²) in [6.45, 7) is 5.62. The van der Waals surface area contributed by atoms with Gasteiger partial charge in [0.1, 0.15) is 0 Å². The third kappa shape index (κ3) is 3.97. The second kappa shape index (κ2) is 6.40. The summed E-state index contributed by atoms with van der Waals surface area (Å²) >= 11 is 9.62. The molecule has 1 fully saturated rings. The van der Waals surface area contributed by atoms with E-state index < -0.39 is 0 Å². The summed E-state index contributed by atoms with van der Waals surface area (Å²) in [4.78, 5) is 0. The minimum absolute atomic E-state index is 0.648. The molecule has 1 aromatic rings. The van der Waals surface area contributed by atoms with Crippen LogP contribution in [0.15, 0.2) is 22.7 Å². The van der Waals surface area contributed by atoms with Gasteiger partial charge >= 0.3 is 0 Å². The van der Waals surface area contributed by atoms with E-state index in [1.54, 1.807) is 0 Å². The number of nitrogens with one attached hydrogen (secondary N) is 1. The predicted molar refractivity (Wildman–Crippen MR) is 82.0 cm³/mol. The maximum atomic E-state index is 6.04. The molecule has 2 atom stereocenters. The van der Waals surface area contributed by atoms with Gasteiger partial charge in [-0.05, 0) is 54.9 Å². The highest BCUT2D eigenvalue weighted by molar-refractivity contribution is 9.10. The Kier molecular flexibility index (Phi) is 5.11. The first-order valence-corrected chi connectivity index (χ1v) is 7.89. The van der Waals surface area contributed by atoms with Crippen LogP contribution in [0.3, 0.4) is 0 Å². The zero-order valence-electron chi connectivity index (χ0n) is 11.0. The highest BCUT2D eigenvalue weighted by Gasteiger charge is 2.23. The zero-order chi connectivity index (χ0) is 13.1. The highest BCUT2D eigenvalue weighted by Crippen LogP contribution is 2.29. The highest BCUT2D eigenvalue weighted by atomic mass is 79.9. The maximum Gasteiger partial charge on any atom is 0.0410 e. The molecule has 0 amide bonds. The Bertz CT molecular complexity index is 397. The van der Waals surface area contributed by atoms with Gasteiger partial charge in [0.05, 0.1) is 0 Å². The van der Waals surface area contributed by atoms with Crippen molar-refractivity contribution in [2.24, 2.45) is 11.8 Å². The van der Waals surface area contributed by atoms with Gasteiger partial charge in [0.2, 0.25) is 0 Å². The minimum atomic E-state index is 0.648. The van der Waals surface area contributed by atoms with Crippen LogP contribution < -0.4 is 5.32 Å². The van der Waals surface area contributed by atoms with Gasteiger partial charge in [0.25, 0.3) is 0 Å². The molecule has 18 heavy (non-hydrogen) atoms. The number of halogens is 2. The molecule has 2 unspecified atom stereocenters. The third-order valence-electron chi connectivity index (χ3n) is 3.77. The molecular weight excluding hydrogens is 310 g/mol. The van der Waals surface area contributed by atoms with Crippen molar-refractivity contribution in [1.82, 2.24) is 5.32 Å².